The summed E-state index contributed by atoms with van der Waals surface area (Å²) < 4.78 is 15.6. The number of likely N-dealkylation sites (tertiary alicyclic amines) is 1. The summed E-state index contributed by atoms with van der Waals surface area (Å²) in [6.07, 6.45) is 7.27. The van der Waals surface area contributed by atoms with E-state index in [1.54, 1.807) is 23.1 Å². The lowest BCUT2D eigenvalue weighted by atomic mass is 9.98. The predicted octanol–water partition coefficient (Wildman–Crippen LogP) is 3.88. The molecule has 3 aromatic heterocycles. The van der Waals surface area contributed by atoms with Crippen LogP contribution in [0.5, 0.6) is 0 Å². The van der Waals surface area contributed by atoms with Crippen LogP contribution in [0.3, 0.4) is 0 Å². The van der Waals surface area contributed by atoms with Gasteiger partial charge in [0.15, 0.2) is 0 Å². The van der Waals surface area contributed by atoms with E-state index >= 15 is 0 Å². The van der Waals surface area contributed by atoms with E-state index in [1.807, 2.05) is 49.8 Å². The molecule has 1 aliphatic rings. The Bertz CT molecular complexity index is 1250. The van der Waals surface area contributed by atoms with E-state index in [1.165, 1.54) is 11.8 Å². The van der Waals surface area contributed by atoms with Crippen LogP contribution >= 0.6 is 0 Å². The molecule has 30 heavy (non-hydrogen) atoms. The normalized spacial score (nSPS) is 15.2. The van der Waals surface area contributed by atoms with Crippen LogP contribution in [0.1, 0.15) is 17.4 Å². The van der Waals surface area contributed by atoms with Gasteiger partial charge in [-0.05, 0) is 30.2 Å². The minimum absolute atomic E-state index is 0.102. The number of rotatable bonds is 3. The Labute approximate surface area is 173 Å². The summed E-state index contributed by atoms with van der Waals surface area (Å²) in [5, 5.41) is 5.06. The minimum Gasteiger partial charge on any atom is -0.331 e. The van der Waals surface area contributed by atoms with Gasteiger partial charge in [0.25, 0.3) is 5.91 Å². The van der Waals surface area contributed by atoms with E-state index in [0.717, 1.165) is 27.6 Å². The second kappa shape index (κ2) is 6.73. The molecule has 0 aliphatic carbocycles. The van der Waals surface area contributed by atoms with Crippen molar-refractivity contribution in [3.8, 4) is 22.3 Å². The van der Waals surface area contributed by atoms with E-state index in [4.69, 9.17) is 0 Å². The Balaban J connectivity index is 1.50. The average Bonchev–Trinajstić information content (AvgIpc) is 3.17. The molecule has 1 aliphatic heterocycles. The molecule has 0 radical (unpaired) electrons. The van der Waals surface area contributed by atoms with Crippen LogP contribution in [0.2, 0.25) is 0 Å². The molecular weight excluding hydrogens is 381 g/mol. The highest BCUT2D eigenvalue weighted by atomic mass is 19.1. The van der Waals surface area contributed by atoms with Gasteiger partial charge in [-0.15, -0.1) is 0 Å². The van der Waals surface area contributed by atoms with Crippen molar-refractivity contribution in [2.75, 3.05) is 13.1 Å². The Morgan fingerprint density at radius 2 is 1.73 bits per heavy atom. The van der Waals surface area contributed by atoms with Crippen molar-refractivity contribution in [2.45, 2.75) is 12.6 Å². The van der Waals surface area contributed by atoms with Crippen LogP contribution in [-0.2, 0) is 7.05 Å². The summed E-state index contributed by atoms with van der Waals surface area (Å²) >= 11 is 0. The number of amides is 1. The first-order valence-corrected chi connectivity index (χ1v) is 9.72. The van der Waals surface area contributed by atoms with Crippen molar-refractivity contribution in [3.63, 3.8) is 0 Å². The van der Waals surface area contributed by atoms with Gasteiger partial charge in [-0.3, -0.25) is 14.5 Å². The van der Waals surface area contributed by atoms with E-state index in [9.17, 15) is 9.18 Å². The molecule has 150 valence electrons. The highest BCUT2D eigenvalue weighted by Crippen LogP contribution is 2.30. The van der Waals surface area contributed by atoms with E-state index in [0.29, 0.717) is 11.2 Å². The molecule has 4 aromatic rings. The molecular formula is C23H20FN5O. The average molecular weight is 401 g/mol. The van der Waals surface area contributed by atoms with Gasteiger partial charge >= 0.3 is 0 Å². The fourth-order valence-corrected chi connectivity index (χ4v) is 3.84. The number of carbonyl (C=O) groups excluding carboxylic acids is 1. The quantitative estimate of drug-likeness (QED) is 0.523. The van der Waals surface area contributed by atoms with Gasteiger partial charge in [0.05, 0.1) is 24.8 Å². The second-order valence-corrected chi connectivity index (χ2v) is 8.01. The summed E-state index contributed by atoms with van der Waals surface area (Å²) in [7, 11) is 1.89. The van der Waals surface area contributed by atoms with Crippen LogP contribution in [0, 0.1) is 0 Å². The molecule has 1 saturated heterocycles. The maximum absolute atomic E-state index is 13.8. The summed E-state index contributed by atoms with van der Waals surface area (Å²) in [6.45, 7) is 1.71. The first kappa shape index (κ1) is 18.4. The number of alkyl halides is 1. The Hall–Kier alpha value is -3.61. The largest absolute Gasteiger partial charge is 0.331 e. The van der Waals surface area contributed by atoms with Crippen LogP contribution < -0.4 is 0 Å². The van der Waals surface area contributed by atoms with Crippen LogP contribution in [-0.4, -0.2) is 49.3 Å². The number of benzene rings is 1. The standard InChI is InChI=1S/C23H20FN5O/c1-23(24)13-29(14-23)22(30)20-8-7-17-9-25-11-19(21(17)27-20)16-5-3-15(4-6-16)18-10-26-28(2)12-18/h3-12H,13-14H2,1-2H3. The first-order chi connectivity index (χ1) is 14.4. The van der Waals surface area contributed by atoms with Gasteiger partial charge in [-0.25, -0.2) is 9.37 Å². The summed E-state index contributed by atoms with van der Waals surface area (Å²) in [4.78, 5) is 23.1. The number of nitrogens with zero attached hydrogens (tertiary/aromatic N) is 5. The van der Waals surface area contributed by atoms with E-state index < -0.39 is 5.67 Å². The second-order valence-electron chi connectivity index (χ2n) is 8.01. The maximum atomic E-state index is 13.8. The van der Waals surface area contributed by atoms with Crippen LogP contribution in [0.25, 0.3) is 33.2 Å². The highest BCUT2D eigenvalue weighted by Gasteiger charge is 2.42. The summed E-state index contributed by atoms with van der Waals surface area (Å²) in [6, 6.07) is 11.6. The summed E-state index contributed by atoms with van der Waals surface area (Å²) in [5.41, 5.74) is 3.62. The number of halogens is 1. The lowest BCUT2D eigenvalue weighted by Gasteiger charge is -2.41. The Morgan fingerprint density at radius 1 is 1.00 bits per heavy atom. The SMILES string of the molecule is Cn1cc(-c2ccc(-c3cncc4ccc(C(=O)N5CC(C)(F)C5)nc34)cc2)cn1. The van der Waals surface area contributed by atoms with Gasteiger partial charge in [0.1, 0.15) is 11.4 Å². The van der Waals surface area contributed by atoms with Crippen molar-refractivity contribution < 1.29 is 9.18 Å². The zero-order chi connectivity index (χ0) is 20.9. The van der Waals surface area contributed by atoms with Gasteiger partial charge < -0.3 is 4.90 Å². The molecule has 4 heterocycles. The molecule has 1 fully saturated rings. The fourth-order valence-electron chi connectivity index (χ4n) is 3.84. The van der Waals surface area contributed by atoms with Crippen molar-refractivity contribution in [1.82, 2.24) is 24.6 Å². The number of fused-ring (bicyclic) bond motifs is 1. The number of hydrogen-bond acceptors (Lipinski definition) is 4. The number of pyridine rings is 2. The lowest BCUT2D eigenvalue weighted by molar-refractivity contribution is -0.00820. The van der Waals surface area contributed by atoms with E-state index in [2.05, 4.69) is 15.1 Å². The van der Waals surface area contributed by atoms with Gasteiger partial charge in [-0.2, -0.15) is 5.10 Å². The zero-order valence-corrected chi connectivity index (χ0v) is 16.7. The molecule has 0 spiro atoms. The topological polar surface area (TPSA) is 63.9 Å². The monoisotopic (exact) mass is 401 g/mol. The molecule has 0 atom stereocenters. The molecule has 0 bridgehead atoms. The van der Waals surface area contributed by atoms with Gasteiger partial charge in [0.2, 0.25) is 0 Å². The van der Waals surface area contributed by atoms with Gasteiger partial charge in [-0.1, -0.05) is 24.3 Å². The lowest BCUT2D eigenvalue weighted by Crippen LogP contribution is -2.59. The van der Waals surface area contributed by atoms with Crippen molar-refractivity contribution in [1.29, 1.82) is 0 Å². The molecule has 1 amide bonds. The Morgan fingerprint density at radius 3 is 2.40 bits per heavy atom. The molecule has 6 nitrogen and oxygen atoms in total. The fraction of sp³-hybridized carbons (Fsp3) is 0.217. The first-order valence-electron chi connectivity index (χ1n) is 9.72. The summed E-state index contributed by atoms with van der Waals surface area (Å²) in [5.74, 6) is -0.248. The third-order valence-electron chi connectivity index (χ3n) is 5.38. The zero-order valence-electron chi connectivity index (χ0n) is 16.7. The van der Waals surface area contributed by atoms with Crippen LogP contribution in [0.15, 0.2) is 61.2 Å². The molecule has 0 N–H and O–H groups in total. The van der Waals surface area contributed by atoms with Crippen LogP contribution in [0.4, 0.5) is 4.39 Å². The molecule has 0 saturated carbocycles. The van der Waals surface area contributed by atoms with Crippen molar-refractivity contribution >= 4 is 16.8 Å². The van der Waals surface area contributed by atoms with Crippen molar-refractivity contribution in [2.24, 2.45) is 7.05 Å². The maximum Gasteiger partial charge on any atom is 0.272 e. The Kier molecular flexibility index (Phi) is 4.13. The molecule has 5 rings (SSSR count). The number of carbonyl (C=O) groups is 1. The number of aromatic nitrogens is 4. The third-order valence-corrected chi connectivity index (χ3v) is 5.38. The molecule has 0 unspecified atom stereocenters. The van der Waals surface area contributed by atoms with Crippen molar-refractivity contribution in [3.05, 3.63) is 66.9 Å². The predicted molar refractivity (Wildman–Crippen MR) is 113 cm³/mol. The smallest absolute Gasteiger partial charge is 0.272 e. The molecule has 1 aromatic carbocycles. The third kappa shape index (κ3) is 3.22. The minimum atomic E-state index is -1.31. The van der Waals surface area contributed by atoms with E-state index in [-0.39, 0.29) is 19.0 Å². The molecule has 7 heteroatoms. The van der Waals surface area contributed by atoms with Gasteiger partial charge in [0, 0.05) is 42.2 Å². The number of aryl methyl sites for hydroxylation is 1. The highest BCUT2D eigenvalue weighted by molar-refractivity contribution is 5.99. The number of hydrogen-bond donors (Lipinski definition) is 0.